The van der Waals surface area contributed by atoms with E-state index in [1.165, 1.54) is 32.1 Å². The van der Waals surface area contributed by atoms with Gasteiger partial charge in [0.1, 0.15) is 0 Å². The van der Waals surface area contributed by atoms with Crippen molar-refractivity contribution in [3.05, 3.63) is 33.3 Å². The van der Waals surface area contributed by atoms with Crippen molar-refractivity contribution in [1.82, 2.24) is 4.90 Å². The highest BCUT2D eigenvalue weighted by Gasteiger charge is 2.38. The Kier molecular flexibility index (Phi) is 3.86. The molecule has 102 valence electrons. The van der Waals surface area contributed by atoms with Crippen molar-refractivity contribution in [2.75, 3.05) is 6.54 Å². The molecule has 1 saturated heterocycles. The zero-order valence-corrected chi connectivity index (χ0v) is 13.1. The lowest BCUT2D eigenvalue weighted by Gasteiger charge is -2.31. The van der Waals surface area contributed by atoms with Crippen LogP contribution in [-0.2, 0) is 0 Å². The fourth-order valence-corrected chi connectivity index (χ4v) is 3.95. The van der Waals surface area contributed by atoms with Crippen molar-refractivity contribution in [2.24, 2.45) is 5.92 Å². The average molecular weight is 343 g/mol. The Morgan fingerprint density at radius 2 is 2.05 bits per heavy atom. The predicted molar refractivity (Wildman–Crippen MR) is 80.6 cm³/mol. The van der Waals surface area contributed by atoms with Crippen LogP contribution < -0.4 is 0 Å². The Morgan fingerprint density at radius 3 is 2.84 bits per heavy atom. The number of carbonyl (C=O) groups is 1. The maximum absolute atomic E-state index is 12.6. The molecule has 4 heteroatoms. The molecule has 2 unspecified atom stereocenters. The zero-order valence-electron chi connectivity index (χ0n) is 10.7. The summed E-state index contributed by atoms with van der Waals surface area (Å²) >= 11 is 9.37. The minimum Gasteiger partial charge on any atom is -0.335 e. The van der Waals surface area contributed by atoms with E-state index in [0.717, 1.165) is 22.5 Å². The smallest absolute Gasteiger partial charge is 0.254 e. The zero-order chi connectivity index (χ0) is 13.4. The van der Waals surface area contributed by atoms with Crippen LogP contribution in [0.15, 0.2) is 22.7 Å². The highest BCUT2D eigenvalue weighted by Crippen LogP contribution is 2.37. The first-order valence-electron chi connectivity index (χ1n) is 6.93. The molecule has 3 rings (SSSR count). The number of rotatable bonds is 1. The summed E-state index contributed by atoms with van der Waals surface area (Å²) < 4.78 is 0.791. The second-order valence-corrected chi connectivity index (χ2v) is 6.79. The molecule has 2 nitrogen and oxygen atoms in total. The van der Waals surface area contributed by atoms with Gasteiger partial charge in [0.2, 0.25) is 0 Å². The number of nitrogens with zero attached hydrogens (tertiary/aromatic N) is 1. The molecule has 2 fully saturated rings. The van der Waals surface area contributed by atoms with E-state index in [1.54, 1.807) is 6.07 Å². The number of benzene rings is 1. The van der Waals surface area contributed by atoms with Crippen LogP contribution in [0.3, 0.4) is 0 Å². The van der Waals surface area contributed by atoms with Crippen LogP contribution in [0.1, 0.15) is 42.5 Å². The first-order chi connectivity index (χ1) is 9.16. The Bertz CT molecular complexity index is 505. The lowest BCUT2D eigenvalue weighted by atomic mass is 9.85. The quantitative estimate of drug-likeness (QED) is 0.735. The Labute approximate surface area is 127 Å². The first-order valence-corrected chi connectivity index (χ1v) is 8.10. The number of carbonyl (C=O) groups excluding carboxylic acids is 1. The molecule has 1 saturated carbocycles. The van der Waals surface area contributed by atoms with E-state index in [9.17, 15) is 4.79 Å². The summed E-state index contributed by atoms with van der Waals surface area (Å²) in [5, 5.41) is 0.647. The summed E-state index contributed by atoms with van der Waals surface area (Å²) in [5.74, 6) is 0.889. The van der Waals surface area contributed by atoms with Gasteiger partial charge in [0, 0.05) is 22.6 Å². The van der Waals surface area contributed by atoms with Gasteiger partial charge in [-0.1, -0.05) is 24.4 Å². The van der Waals surface area contributed by atoms with Crippen LogP contribution in [0, 0.1) is 5.92 Å². The van der Waals surface area contributed by atoms with Gasteiger partial charge in [0.25, 0.3) is 5.91 Å². The lowest BCUT2D eigenvalue weighted by Crippen LogP contribution is -2.39. The third kappa shape index (κ3) is 2.55. The number of halogens is 2. The van der Waals surface area contributed by atoms with Gasteiger partial charge in [0.15, 0.2) is 0 Å². The minimum atomic E-state index is 0.159. The SMILES string of the molecule is O=C(c1ccc(Cl)c(Br)c1)N1CCC2CCCCC21. The summed E-state index contributed by atoms with van der Waals surface area (Å²) in [7, 11) is 0. The summed E-state index contributed by atoms with van der Waals surface area (Å²) in [6, 6.07) is 5.91. The Hall–Kier alpha value is -0.540. The van der Waals surface area contributed by atoms with Crippen molar-refractivity contribution in [2.45, 2.75) is 38.1 Å². The molecule has 1 aliphatic heterocycles. The Morgan fingerprint density at radius 1 is 1.26 bits per heavy atom. The van der Waals surface area contributed by atoms with Crippen LogP contribution in [0.2, 0.25) is 5.02 Å². The fraction of sp³-hybridized carbons (Fsp3) is 0.533. The molecule has 1 aromatic rings. The van der Waals surface area contributed by atoms with Crippen molar-refractivity contribution >= 4 is 33.4 Å². The molecule has 1 amide bonds. The number of hydrogen-bond acceptors (Lipinski definition) is 1. The Balaban J connectivity index is 1.81. The lowest BCUT2D eigenvalue weighted by molar-refractivity contribution is 0.0690. The fourth-order valence-electron chi connectivity index (χ4n) is 3.45. The van der Waals surface area contributed by atoms with E-state index in [0.29, 0.717) is 11.1 Å². The highest BCUT2D eigenvalue weighted by molar-refractivity contribution is 9.10. The van der Waals surface area contributed by atoms with Crippen LogP contribution in [0.5, 0.6) is 0 Å². The third-order valence-corrected chi connectivity index (χ3v) is 5.65. The van der Waals surface area contributed by atoms with E-state index in [2.05, 4.69) is 20.8 Å². The second-order valence-electron chi connectivity index (χ2n) is 5.53. The first kappa shape index (κ1) is 13.4. The molecule has 2 aliphatic rings. The van der Waals surface area contributed by atoms with E-state index in [-0.39, 0.29) is 5.91 Å². The van der Waals surface area contributed by atoms with Crippen molar-refractivity contribution in [1.29, 1.82) is 0 Å². The van der Waals surface area contributed by atoms with Gasteiger partial charge < -0.3 is 4.90 Å². The van der Waals surface area contributed by atoms with Gasteiger partial charge in [-0.15, -0.1) is 0 Å². The highest BCUT2D eigenvalue weighted by atomic mass is 79.9. The second kappa shape index (κ2) is 5.45. The molecule has 2 atom stereocenters. The number of amides is 1. The summed E-state index contributed by atoms with van der Waals surface area (Å²) in [6.07, 6.45) is 6.22. The van der Waals surface area contributed by atoms with E-state index in [1.807, 2.05) is 12.1 Å². The van der Waals surface area contributed by atoms with Gasteiger partial charge in [-0.25, -0.2) is 0 Å². The average Bonchev–Trinajstić information content (AvgIpc) is 2.85. The van der Waals surface area contributed by atoms with Crippen LogP contribution in [0.25, 0.3) is 0 Å². The topological polar surface area (TPSA) is 20.3 Å². The molecule has 0 bridgehead atoms. The monoisotopic (exact) mass is 341 g/mol. The molecule has 0 radical (unpaired) electrons. The standard InChI is InChI=1S/C15H17BrClNO/c16-12-9-11(5-6-13(12)17)15(19)18-8-7-10-3-1-2-4-14(10)18/h5-6,9-10,14H,1-4,7-8H2. The van der Waals surface area contributed by atoms with Crippen LogP contribution in [-0.4, -0.2) is 23.4 Å². The molecule has 0 aromatic heterocycles. The third-order valence-electron chi connectivity index (χ3n) is 4.44. The molecule has 1 aliphatic carbocycles. The van der Waals surface area contributed by atoms with Crippen molar-refractivity contribution < 1.29 is 4.79 Å². The van der Waals surface area contributed by atoms with Gasteiger partial charge in [-0.05, 0) is 59.3 Å². The van der Waals surface area contributed by atoms with Gasteiger partial charge in [-0.2, -0.15) is 0 Å². The molecular formula is C15H17BrClNO. The maximum Gasteiger partial charge on any atom is 0.254 e. The maximum atomic E-state index is 12.6. The van der Waals surface area contributed by atoms with Gasteiger partial charge in [-0.3, -0.25) is 4.79 Å². The minimum absolute atomic E-state index is 0.159. The summed E-state index contributed by atoms with van der Waals surface area (Å²) in [5.41, 5.74) is 0.738. The van der Waals surface area contributed by atoms with Crippen molar-refractivity contribution in [3.63, 3.8) is 0 Å². The summed E-state index contributed by atoms with van der Waals surface area (Å²) in [6.45, 7) is 0.911. The molecule has 0 N–H and O–H groups in total. The normalized spacial score (nSPS) is 26.3. The van der Waals surface area contributed by atoms with Crippen LogP contribution >= 0.6 is 27.5 Å². The van der Waals surface area contributed by atoms with E-state index in [4.69, 9.17) is 11.6 Å². The predicted octanol–water partition coefficient (Wildman–Crippen LogP) is 4.51. The summed E-state index contributed by atoms with van der Waals surface area (Å²) in [4.78, 5) is 14.7. The molecule has 1 aromatic carbocycles. The van der Waals surface area contributed by atoms with Gasteiger partial charge in [0.05, 0.1) is 5.02 Å². The van der Waals surface area contributed by atoms with Gasteiger partial charge >= 0.3 is 0 Å². The van der Waals surface area contributed by atoms with Crippen LogP contribution in [0.4, 0.5) is 0 Å². The van der Waals surface area contributed by atoms with E-state index >= 15 is 0 Å². The van der Waals surface area contributed by atoms with Crippen molar-refractivity contribution in [3.8, 4) is 0 Å². The largest absolute Gasteiger partial charge is 0.335 e. The number of hydrogen-bond donors (Lipinski definition) is 0. The number of fused-ring (bicyclic) bond motifs is 1. The molecular weight excluding hydrogens is 326 g/mol. The van der Waals surface area contributed by atoms with E-state index < -0.39 is 0 Å². The molecule has 19 heavy (non-hydrogen) atoms. The molecule has 1 heterocycles. The molecule has 0 spiro atoms. The number of likely N-dealkylation sites (tertiary alicyclic amines) is 1.